The maximum Gasteiger partial charge on any atom is 0.230 e. The molecule has 2 N–H and O–H groups in total. The lowest BCUT2D eigenvalue weighted by molar-refractivity contribution is -0.134. The second kappa shape index (κ2) is 5.95. The van der Waals surface area contributed by atoms with E-state index in [9.17, 15) is 14.3 Å². The van der Waals surface area contributed by atoms with Gasteiger partial charge < -0.3 is 10.0 Å². The lowest BCUT2D eigenvalue weighted by Gasteiger charge is -2.32. The standard InChI is InChI=1S/C19H22FN3O2/c1-12-6-7-16-13(10-21-22-16)17(12)18(24)23-9-8-19(25,11-23)14-4-2-3-5-15(14)20/h2-5,10,12,17,25H,6-9,11H2,1H3,(H,21,22). The number of aliphatic hydroxyl groups is 1. The molecule has 1 aromatic carbocycles. The monoisotopic (exact) mass is 343 g/mol. The summed E-state index contributed by atoms with van der Waals surface area (Å²) in [4.78, 5) is 14.8. The molecular weight excluding hydrogens is 321 g/mol. The molecule has 1 fully saturated rings. The number of H-pyrrole nitrogens is 1. The summed E-state index contributed by atoms with van der Waals surface area (Å²) >= 11 is 0. The second-order valence-corrected chi connectivity index (χ2v) is 7.32. The molecule has 3 atom stereocenters. The Morgan fingerprint density at radius 3 is 3.04 bits per heavy atom. The summed E-state index contributed by atoms with van der Waals surface area (Å²) in [5, 5.41) is 18.0. The van der Waals surface area contributed by atoms with Gasteiger partial charge in [0.2, 0.25) is 5.91 Å². The Balaban J connectivity index is 1.58. The number of benzene rings is 1. The van der Waals surface area contributed by atoms with Crippen LogP contribution in [0, 0.1) is 11.7 Å². The molecule has 4 rings (SSSR count). The number of carbonyl (C=O) groups is 1. The van der Waals surface area contributed by atoms with E-state index in [4.69, 9.17) is 0 Å². The highest BCUT2D eigenvalue weighted by molar-refractivity contribution is 5.85. The van der Waals surface area contributed by atoms with E-state index in [-0.39, 0.29) is 29.9 Å². The van der Waals surface area contributed by atoms with Gasteiger partial charge in [-0.15, -0.1) is 0 Å². The van der Waals surface area contributed by atoms with Gasteiger partial charge in [0.1, 0.15) is 11.4 Å². The molecule has 1 saturated heterocycles. The van der Waals surface area contributed by atoms with Gasteiger partial charge in [0.25, 0.3) is 0 Å². The van der Waals surface area contributed by atoms with Crippen molar-refractivity contribution < 1.29 is 14.3 Å². The average molecular weight is 343 g/mol. The van der Waals surface area contributed by atoms with Crippen LogP contribution in [-0.2, 0) is 16.8 Å². The van der Waals surface area contributed by atoms with Crippen molar-refractivity contribution >= 4 is 5.91 Å². The number of β-amino-alcohol motifs (C(OH)–C–C–N with tert-alkyl or cyclic N) is 1. The topological polar surface area (TPSA) is 69.2 Å². The van der Waals surface area contributed by atoms with Gasteiger partial charge in [-0.05, 0) is 31.2 Å². The van der Waals surface area contributed by atoms with Gasteiger partial charge in [0.15, 0.2) is 0 Å². The number of rotatable bonds is 2. The molecular formula is C19H22FN3O2. The van der Waals surface area contributed by atoms with Gasteiger partial charge in [-0.1, -0.05) is 25.1 Å². The molecule has 2 aliphatic rings. The Bertz CT molecular complexity index is 805. The molecule has 0 radical (unpaired) electrons. The van der Waals surface area contributed by atoms with Crippen molar-refractivity contribution in [2.24, 2.45) is 5.92 Å². The minimum atomic E-state index is -1.32. The Morgan fingerprint density at radius 1 is 1.44 bits per heavy atom. The van der Waals surface area contributed by atoms with E-state index in [0.29, 0.717) is 13.0 Å². The van der Waals surface area contributed by atoms with Gasteiger partial charge >= 0.3 is 0 Å². The summed E-state index contributed by atoms with van der Waals surface area (Å²) in [7, 11) is 0. The van der Waals surface area contributed by atoms with E-state index in [2.05, 4.69) is 17.1 Å². The van der Waals surface area contributed by atoms with E-state index in [0.717, 1.165) is 24.1 Å². The zero-order valence-corrected chi connectivity index (χ0v) is 14.2. The Labute approximate surface area is 145 Å². The molecule has 1 aliphatic carbocycles. The maximum absolute atomic E-state index is 14.1. The first-order chi connectivity index (χ1) is 12.0. The van der Waals surface area contributed by atoms with Crippen LogP contribution >= 0.6 is 0 Å². The molecule has 0 spiro atoms. The zero-order chi connectivity index (χ0) is 17.6. The first-order valence-corrected chi connectivity index (χ1v) is 8.78. The van der Waals surface area contributed by atoms with Crippen LogP contribution in [0.15, 0.2) is 30.5 Å². The number of nitrogens with one attached hydrogen (secondary N) is 1. The SMILES string of the molecule is CC1CCc2[nH]ncc2C1C(=O)N1CCC(O)(c2ccccc2F)C1. The number of fused-ring (bicyclic) bond motifs is 1. The summed E-state index contributed by atoms with van der Waals surface area (Å²) in [5.74, 6) is -0.449. The van der Waals surface area contributed by atoms with E-state index in [1.54, 1.807) is 29.3 Å². The number of carbonyl (C=O) groups excluding carboxylic acids is 1. The fourth-order valence-electron chi connectivity index (χ4n) is 4.25. The van der Waals surface area contributed by atoms with Crippen LogP contribution in [0.5, 0.6) is 0 Å². The summed E-state index contributed by atoms with van der Waals surface area (Å²) < 4.78 is 14.1. The van der Waals surface area contributed by atoms with Crippen molar-refractivity contribution in [3.8, 4) is 0 Å². The molecule has 1 aromatic heterocycles. The third kappa shape index (κ3) is 2.65. The number of hydrogen-bond donors (Lipinski definition) is 2. The van der Waals surface area contributed by atoms with Crippen LogP contribution in [0.3, 0.4) is 0 Å². The highest BCUT2D eigenvalue weighted by Gasteiger charge is 2.44. The smallest absolute Gasteiger partial charge is 0.230 e. The maximum atomic E-state index is 14.1. The van der Waals surface area contributed by atoms with Crippen LogP contribution in [0.1, 0.15) is 42.5 Å². The number of aromatic amines is 1. The van der Waals surface area contributed by atoms with Gasteiger partial charge in [0, 0.05) is 23.4 Å². The highest BCUT2D eigenvalue weighted by atomic mass is 19.1. The van der Waals surface area contributed by atoms with E-state index < -0.39 is 11.4 Å². The molecule has 0 saturated carbocycles. The van der Waals surface area contributed by atoms with Crippen molar-refractivity contribution in [1.29, 1.82) is 0 Å². The molecule has 6 heteroatoms. The van der Waals surface area contributed by atoms with Crippen molar-refractivity contribution in [2.75, 3.05) is 13.1 Å². The first-order valence-electron chi connectivity index (χ1n) is 8.78. The fourth-order valence-corrected chi connectivity index (χ4v) is 4.25. The minimum absolute atomic E-state index is 0.00196. The number of aromatic nitrogens is 2. The first kappa shape index (κ1) is 16.3. The average Bonchev–Trinajstić information content (AvgIpc) is 3.22. The third-order valence-corrected chi connectivity index (χ3v) is 5.71. The quantitative estimate of drug-likeness (QED) is 0.879. The number of nitrogens with zero attached hydrogens (tertiary/aromatic N) is 2. The van der Waals surface area contributed by atoms with E-state index in [1.807, 2.05) is 0 Å². The highest BCUT2D eigenvalue weighted by Crippen LogP contribution is 2.39. The van der Waals surface area contributed by atoms with E-state index in [1.165, 1.54) is 6.07 Å². The lowest BCUT2D eigenvalue weighted by atomic mass is 9.78. The van der Waals surface area contributed by atoms with Gasteiger partial charge in [0.05, 0.1) is 18.7 Å². The Morgan fingerprint density at radius 2 is 2.24 bits per heavy atom. The van der Waals surface area contributed by atoms with Crippen molar-refractivity contribution in [2.45, 2.75) is 37.7 Å². The normalized spacial score (nSPS) is 28.8. The van der Waals surface area contributed by atoms with Crippen LogP contribution in [-0.4, -0.2) is 39.2 Å². The fraction of sp³-hybridized carbons (Fsp3) is 0.474. The van der Waals surface area contributed by atoms with Crippen LogP contribution < -0.4 is 0 Å². The minimum Gasteiger partial charge on any atom is -0.383 e. The Hall–Kier alpha value is -2.21. The molecule has 0 bridgehead atoms. The summed E-state index contributed by atoms with van der Waals surface area (Å²) in [6, 6.07) is 6.26. The predicted octanol–water partition coefficient (Wildman–Crippen LogP) is 2.33. The molecule has 25 heavy (non-hydrogen) atoms. The summed E-state index contributed by atoms with van der Waals surface area (Å²) in [6.07, 6.45) is 3.92. The number of halogens is 1. The van der Waals surface area contributed by atoms with E-state index >= 15 is 0 Å². The number of amides is 1. The molecule has 5 nitrogen and oxygen atoms in total. The predicted molar refractivity (Wildman–Crippen MR) is 90.3 cm³/mol. The summed E-state index contributed by atoms with van der Waals surface area (Å²) in [6.45, 7) is 2.64. The molecule has 132 valence electrons. The number of likely N-dealkylation sites (tertiary alicyclic amines) is 1. The van der Waals surface area contributed by atoms with Crippen LogP contribution in [0.25, 0.3) is 0 Å². The van der Waals surface area contributed by atoms with Crippen molar-refractivity contribution in [3.63, 3.8) is 0 Å². The number of hydrogen-bond acceptors (Lipinski definition) is 3. The van der Waals surface area contributed by atoms with Crippen molar-refractivity contribution in [1.82, 2.24) is 15.1 Å². The van der Waals surface area contributed by atoms with Gasteiger partial charge in [-0.3, -0.25) is 9.89 Å². The zero-order valence-electron chi connectivity index (χ0n) is 14.2. The largest absolute Gasteiger partial charge is 0.383 e. The molecule has 1 aliphatic heterocycles. The summed E-state index contributed by atoms with van der Waals surface area (Å²) in [5.41, 5.74) is 0.939. The van der Waals surface area contributed by atoms with Crippen LogP contribution in [0.4, 0.5) is 4.39 Å². The number of aryl methyl sites for hydroxylation is 1. The molecule has 1 amide bonds. The van der Waals surface area contributed by atoms with Gasteiger partial charge in [-0.25, -0.2) is 4.39 Å². The molecule has 2 heterocycles. The van der Waals surface area contributed by atoms with Crippen molar-refractivity contribution in [3.05, 3.63) is 53.1 Å². The molecule has 2 aromatic rings. The van der Waals surface area contributed by atoms with Crippen LogP contribution in [0.2, 0.25) is 0 Å². The lowest BCUT2D eigenvalue weighted by Crippen LogP contribution is -2.40. The molecule has 3 unspecified atom stereocenters. The second-order valence-electron chi connectivity index (χ2n) is 7.32. The van der Waals surface area contributed by atoms with Gasteiger partial charge in [-0.2, -0.15) is 5.10 Å². The Kier molecular flexibility index (Phi) is 3.87. The third-order valence-electron chi connectivity index (χ3n) is 5.71.